The Morgan fingerprint density at radius 2 is 1.76 bits per heavy atom. The van der Waals surface area contributed by atoms with Crippen molar-refractivity contribution in [2.45, 2.75) is 49.2 Å². The molecule has 2 heterocycles. The Hall–Kier alpha value is -3.51. The SMILES string of the molecule is CCS(=O)(=O)c1ccc(CC(=O)Nc2ccc(N3CC(c4ccc(C(F)(F)F)cc4)CC[C@H]3COCF)nc2)cc1. The molecule has 1 fully saturated rings. The van der Waals surface area contributed by atoms with Crippen LogP contribution in [-0.2, 0) is 32.0 Å². The molecule has 1 aliphatic rings. The van der Waals surface area contributed by atoms with E-state index >= 15 is 0 Å². The number of sulfone groups is 1. The van der Waals surface area contributed by atoms with Crippen molar-refractivity contribution in [3.05, 3.63) is 83.6 Å². The van der Waals surface area contributed by atoms with Crippen molar-refractivity contribution in [1.29, 1.82) is 0 Å². The Kier molecular flexibility index (Phi) is 9.64. The molecule has 1 N–H and O–H groups in total. The van der Waals surface area contributed by atoms with Crippen molar-refractivity contribution in [2.24, 2.45) is 0 Å². The van der Waals surface area contributed by atoms with Crippen LogP contribution in [0.3, 0.4) is 0 Å². The number of aromatic nitrogens is 1. The molecule has 0 aliphatic carbocycles. The van der Waals surface area contributed by atoms with Gasteiger partial charge in [-0.25, -0.2) is 17.8 Å². The maximum absolute atomic E-state index is 13.0. The van der Waals surface area contributed by atoms with E-state index in [1.165, 1.54) is 30.5 Å². The van der Waals surface area contributed by atoms with Crippen LogP contribution in [0.1, 0.15) is 42.4 Å². The van der Waals surface area contributed by atoms with E-state index in [2.05, 4.69) is 10.3 Å². The molecule has 2 atom stereocenters. The molecular formula is C29H31F4N3O4S. The molecule has 0 spiro atoms. The number of nitrogens with one attached hydrogen (secondary N) is 1. The van der Waals surface area contributed by atoms with Crippen LogP contribution in [0.5, 0.6) is 0 Å². The number of pyridine rings is 1. The number of rotatable bonds is 10. The highest BCUT2D eigenvalue weighted by Gasteiger charge is 2.33. The number of amides is 1. The molecule has 1 saturated heterocycles. The number of ether oxygens (including phenoxy) is 1. The summed E-state index contributed by atoms with van der Waals surface area (Å²) in [5.74, 6) is 0.200. The molecule has 41 heavy (non-hydrogen) atoms. The summed E-state index contributed by atoms with van der Waals surface area (Å²) in [6.45, 7) is 1.22. The van der Waals surface area contributed by atoms with Gasteiger partial charge in [0.25, 0.3) is 0 Å². The minimum absolute atomic E-state index is 0.00735. The highest BCUT2D eigenvalue weighted by molar-refractivity contribution is 7.91. The van der Waals surface area contributed by atoms with E-state index in [0.29, 0.717) is 36.5 Å². The molecule has 1 amide bonds. The topological polar surface area (TPSA) is 88.6 Å². The van der Waals surface area contributed by atoms with Gasteiger partial charge in [-0.2, -0.15) is 13.2 Å². The maximum atomic E-state index is 13.0. The van der Waals surface area contributed by atoms with Gasteiger partial charge in [-0.1, -0.05) is 31.2 Å². The third-order valence-electron chi connectivity index (χ3n) is 7.16. The first-order valence-electron chi connectivity index (χ1n) is 13.1. The summed E-state index contributed by atoms with van der Waals surface area (Å²) in [5, 5.41) is 2.77. The van der Waals surface area contributed by atoms with Gasteiger partial charge in [0.2, 0.25) is 5.91 Å². The molecule has 0 saturated carbocycles. The minimum Gasteiger partial charge on any atom is -0.351 e. The predicted molar refractivity (Wildman–Crippen MR) is 147 cm³/mol. The fourth-order valence-corrected chi connectivity index (χ4v) is 5.76. The van der Waals surface area contributed by atoms with Crippen LogP contribution < -0.4 is 10.2 Å². The lowest BCUT2D eigenvalue weighted by Gasteiger charge is -2.40. The molecular weight excluding hydrogens is 562 g/mol. The lowest BCUT2D eigenvalue weighted by molar-refractivity contribution is -0.137. The zero-order chi connectivity index (χ0) is 29.6. The van der Waals surface area contributed by atoms with E-state index < -0.39 is 28.4 Å². The summed E-state index contributed by atoms with van der Waals surface area (Å²) in [5.41, 5.74) is 1.18. The molecule has 3 aromatic rings. The Morgan fingerprint density at radius 3 is 2.34 bits per heavy atom. The van der Waals surface area contributed by atoms with Crippen LogP contribution in [0, 0.1) is 0 Å². The summed E-state index contributed by atoms with van der Waals surface area (Å²) >= 11 is 0. The van der Waals surface area contributed by atoms with E-state index in [1.807, 2.05) is 4.90 Å². The largest absolute Gasteiger partial charge is 0.416 e. The van der Waals surface area contributed by atoms with Gasteiger partial charge in [0.15, 0.2) is 16.7 Å². The van der Waals surface area contributed by atoms with Crippen molar-refractivity contribution in [1.82, 2.24) is 4.98 Å². The fourth-order valence-electron chi connectivity index (χ4n) is 4.88. The van der Waals surface area contributed by atoms with Crippen molar-refractivity contribution in [3.8, 4) is 0 Å². The second-order valence-electron chi connectivity index (χ2n) is 9.86. The molecule has 1 aliphatic heterocycles. The van der Waals surface area contributed by atoms with Crippen molar-refractivity contribution in [3.63, 3.8) is 0 Å². The Morgan fingerprint density at radius 1 is 1.05 bits per heavy atom. The number of carbonyl (C=O) groups excluding carboxylic acids is 1. The van der Waals surface area contributed by atoms with E-state index in [1.54, 1.807) is 31.2 Å². The predicted octanol–water partition coefficient (Wildman–Crippen LogP) is 5.77. The smallest absolute Gasteiger partial charge is 0.351 e. The van der Waals surface area contributed by atoms with E-state index in [4.69, 9.17) is 4.74 Å². The zero-order valence-electron chi connectivity index (χ0n) is 22.4. The summed E-state index contributed by atoms with van der Waals surface area (Å²) in [6, 6.07) is 14.5. The molecule has 0 bridgehead atoms. The molecule has 2 aromatic carbocycles. The van der Waals surface area contributed by atoms with Gasteiger partial charge >= 0.3 is 6.18 Å². The first-order valence-corrected chi connectivity index (χ1v) is 14.8. The first-order chi connectivity index (χ1) is 19.5. The highest BCUT2D eigenvalue weighted by Crippen LogP contribution is 2.35. The molecule has 7 nitrogen and oxygen atoms in total. The molecule has 1 unspecified atom stereocenters. The number of benzene rings is 2. The second kappa shape index (κ2) is 13.0. The van der Waals surface area contributed by atoms with E-state index in [9.17, 15) is 30.8 Å². The monoisotopic (exact) mass is 593 g/mol. The molecule has 4 rings (SSSR count). The zero-order valence-corrected chi connectivity index (χ0v) is 23.2. The number of nitrogens with zero attached hydrogens (tertiary/aromatic N) is 2. The summed E-state index contributed by atoms with van der Waals surface area (Å²) in [4.78, 5) is 19.2. The number of halogens is 4. The minimum atomic E-state index is -4.41. The highest BCUT2D eigenvalue weighted by atomic mass is 32.2. The lowest BCUT2D eigenvalue weighted by atomic mass is 9.87. The van der Waals surface area contributed by atoms with Crippen molar-refractivity contribution in [2.75, 3.05) is 36.0 Å². The fraction of sp³-hybridized carbons (Fsp3) is 0.379. The van der Waals surface area contributed by atoms with Crippen LogP contribution in [0.4, 0.5) is 29.1 Å². The summed E-state index contributed by atoms with van der Waals surface area (Å²) in [7, 11) is -3.32. The normalized spacial score (nSPS) is 17.8. The van der Waals surface area contributed by atoms with Gasteiger partial charge in [-0.15, -0.1) is 0 Å². The number of piperidine rings is 1. The Labute approximate surface area is 236 Å². The average molecular weight is 594 g/mol. The van der Waals surface area contributed by atoms with E-state index in [-0.39, 0.29) is 41.5 Å². The van der Waals surface area contributed by atoms with Crippen LogP contribution in [0.15, 0.2) is 71.8 Å². The molecule has 220 valence electrons. The van der Waals surface area contributed by atoms with Crippen molar-refractivity contribution >= 4 is 27.2 Å². The Bertz CT molecular complexity index is 1410. The molecule has 0 radical (unpaired) electrons. The Balaban J connectivity index is 1.42. The number of carbonyl (C=O) groups is 1. The van der Waals surface area contributed by atoms with Crippen LogP contribution >= 0.6 is 0 Å². The molecule has 1 aromatic heterocycles. The van der Waals surface area contributed by atoms with Gasteiger partial charge < -0.3 is 15.0 Å². The number of anilines is 2. The number of alkyl halides is 4. The quantitative estimate of drug-likeness (QED) is 0.300. The lowest BCUT2D eigenvalue weighted by Crippen LogP contribution is -2.45. The second-order valence-corrected chi connectivity index (χ2v) is 12.1. The van der Waals surface area contributed by atoms with Crippen LogP contribution in [-0.4, -0.2) is 51.1 Å². The van der Waals surface area contributed by atoms with Crippen LogP contribution in [0.25, 0.3) is 0 Å². The third kappa shape index (κ3) is 7.82. The number of hydrogen-bond donors (Lipinski definition) is 1. The van der Waals surface area contributed by atoms with Gasteiger partial charge in [-0.3, -0.25) is 4.79 Å². The third-order valence-corrected chi connectivity index (χ3v) is 8.91. The van der Waals surface area contributed by atoms with Gasteiger partial charge in [0.1, 0.15) is 5.82 Å². The maximum Gasteiger partial charge on any atom is 0.416 e. The van der Waals surface area contributed by atoms with Crippen LogP contribution in [0.2, 0.25) is 0 Å². The van der Waals surface area contributed by atoms with Gasteiger partial charge in [0.05, 0.1) is 47.2 Å². The average Bonchev–Trinajstić information content (AvgIpc) is 2.96. The van der Waals surface area contributed by atoms with Crippen molar-refractivity contribution < 1.29 is 35.5 Å². The van der Waals surface area contributed by atoms with Gasteiger partial charge in [-0.05, 0) is 60.4 Å². The summed E-state index contributed by atoms with van der Waals surface area (Å²) < 4.78 is 80.7. The first kappa shape index (κ1) is 30.4. The molecule has 12 heteroatoms. The van der Waals surface area contributed by atoms with E-state index in [0.717, 1.165) is 17.7 Å². The summed E-state index contributed by atoms with van der Waals surface area (Å²) in [6.07, 6.45) is -1.54. The number of hydrogen-bond acceptors (Lipinski definition) is 6. The standard InChI is InChI=1S/C29H31F4N3O4S/c1-2-41(38,39)26-12-3-20(4-13-26)15-28(37)35-24-10-14-27(34-16-24)36-17-22(7-11-25(36)18-40-19-30)21-5-8-23(9-6-21)29(31,32)33/h3-6,8-10,12-14,16,22,25H,2,7,11,15,17-19H2,1H3,(H,35,37)/t22?,25-/m0/s1. The van der Waals surface area contributed by atoms with Gasteiger partial charge in [0, 0.05) is 12.5 Å².